The van der Waals surface area contributed by atoms with E-state index in [9.17, 15) is 13.2 Å². The highest BCUT2D eigenvalue weighted by Crippen LogP contribution is 2.24. The Morgan fingerprint density at radius 3 is 2.34 bits per heavy atom. The molecule has 1 aliphatic heterocycles. The summed E-state index contributed by atoms with van der Waals surface area (Å²) in [5.41, 5.74) is 0.454. The molecular formula is C22H28N4O5S. The molecule has 1 N–H and O–H groups in total. The van der Waals surface area contributed by atoms with Gasteiger partial charge < -0.3 is 14.8 Å². The van der Waals surface area contributed by atoms with Crippen LogP contribution in [-0.4, -0.2) is 60.9 Å². The third kappa shape index (κ3) is 5.18. The zero-order chi connectivity index (χ0) is 22.6. The summed E-state index contributed by atoms with van der Waals surface area (Å²) in [6, 6.07) is 6.24. The summed E-state index contributed by atoms with van der Waals surface area (Å²) in [5.74, 6) is 0.640. The van der Waals surface area contributed by atoms with Crippen LogP contribution in [0.1, 0.15) is 48.9 Å². The highest BCUT2D eigenvalue weighted by molar-refractivity contribution is 7.89. The highest BCUT2D eigenvalue weighted by Gasteiger charge is 2.28. The molecule has 2 fully saturated rings. The normalized spacial score (nSPS) is 21.8. The van der Waals surface area contributed by atoms with Crippen LogP contribution in [0.2, 0.25) is 0 Å². The third-order valence-electron chi connectivity index (χ3n) is 5.92. The molecule has 172 valence electrons. The van der Waals surface area contributed by atoms with Crippen LogP contribution in [0.3, 0.4) is 0 Å². The summed E-state index contributed by atoms with van der Waals surface area (Å²) in [4.78, 5) is 21.1. The predicted octanol–water partition coefficient (Wildman–Crippen LogP) is 2.39. The van der Waals surface area contributed by atoms with Gasteiger partial charge in [0, 0.05) is 24.7 Å². The van der Waals surface area contributed by atoms with Crippen molar-refractivity contribution in [2.75, 3.05) is 20.2 Å². The van der Waals surface area contributed by atoms with E-state index in [1.54, 1.807) is 18.3 Å². The van der Waals surface area contributed by atoms with Crippen LogP contribution in [0.4, 0.5) is 0 Å². The average Bonchev–Trinajstić information content (AvgIpc) is 3.37. The second kappa shape index (κ2) is 9.83. The molecule has 1 saturated heterocycles. The molecule has 2 heterocycles. The summed E-state index contributed by atoms with van der Waals surface area (Å²) in [5, 5.41) is 3.05. The molecule has 1 amide bonds. The number of carbonyl (C=O) groups is 1. The largest absolute Gasteiger partial charge is 0.480 e. The number of hydrogen-bond donors (Lipinski definition) is 1. The fourth-order valence-electron chi connectivity index (χ4n) is 4.11. The lowest BCUT2D eigenvalue weighted by Gasteiger charge is -2.29. The second-order valence-corrected chi connectivity index (χ2v) is 10.0. The first-order chi connectivity index (χ1) is 15.5. The molecule has 0 bridgehead atoms. The van der Waals surface area contributed by atoms with Crippen LogP contribution >= 0.6 is 0 Å². The van der Waals surface area contributed by atoms with E-state index in [2.05, 4.69) is 15.3 Å². The van der Waals surface area contributed by atoms with Crippen LogP contribution < -0.4 is 14.8 Å². The van der Waals surface area contributed by atoms with Gasteiger partial charge in [-0.25, -0.2) is 8.42 Å². The number of benzene rings is 1. The number of hydrogen-bond acceptors (Lipinski definition) is 7. The van der Waals surface area contributed by atoms with Gasteiger partial charge >= 0.3 is 0 Å². The second-order valence-electron chi connectivity index (χ2n) is 8.10. The zero-order valence-electron chi connectivity index (χ0n) is 18.1. The summed E-state index contributed by atoms with van der Waals surface area (Å²) in [6.07, 6.45) is 8.02. The Balaban J connectivity index is 1.28. The quantitative estimate of drug-likeness (QED) is 0.675. The lowest BCUT2D eigenvalue weighted by molar-refractivity contribution is 0.0889. The van der Waals surface area contributed by atoms with E-state index in [0.29, 0.717) is 30.4 Å². The minimum absolute atomic E-state index is 0.0136. The lowest BCUT2D eigenvalue weighted by Crippen LogP contribution is -2.39. The van der Waals surface area contributed by atoms with Crippen molar-refractivity contribution in [1.82, 2.24) is 19.6 Å². The minimum Gasteiger partial charge on any atom is -0.480 e. The topological polar surface area (TPSA) is 111 Å². The number of amides is 1. The Bertz CT molecular complexity index is 1030. The van der Waals surface area contributed by atoms with Crippen LogP contribution in [0.5, 0.6) is 11.8 Å². The van der Waals surface area contributed by atoms with Crippen LogP contribution in [-0.2, 0) is 10.0 Å². The molecule has 0 unspecified atom stereocenters. The molecule has 0 atom stereocenters. The van der Waals surface area contributed by atoms with Gasteiger partial charge in [0.1, 0.15) is 6.10 Å². The van der Waals surface area contributed by atoms with Crippen molar-refractivity contribution in [3.8, 4) is 11.8 Å². The summed E-state index contributed by atoms with van der Waals surface area (Å²) in [7, 11) is -1.95. The number of aromatic nitrogens is 2. The Morgan fingerprint density at radius 1 is 1.03 bits per heavy atom. The summed E-state index contributed by atoms with van der Waals surface area (Å²) < 4.78 is 37.7. The molecule has 2 aliphatic rings. The molecular weight excluding hydrogens is 432 g/mol. The Labute approximate surface area is 188 Å². The van der Waals surface area contributed by atoms with Crippen molar-refractivity contribution in [3.63, 3.8) is 0 Å². The number of nitrogens with zero attached hydrogens (tertiary/aromatic N) is 3. The van der Waals surface area contributed by atoms with Gasteiger partial charge in [-0.1, -0.05) is 0 Å². The molecule has 1 saturated carbocycles. The van der Waals surface area contributed by atoms with E-state index < -0.39 is 10.0 Å². The van der Waals surface area contributed by atoms with Crippen molar-refractivity contribution >= 4 is 15.9 Å². The number of nitrogens with one attached hydrogen (secondary N) is 1. The average molecular weight is 461 g/mol. The van der Waals surface area contributed by atoms with Gasteiger partial charge in [-0.05, 0) is 62.8 Å². The van der Waals surface area contributed by atoms with E-state index >= 15 is 0 Å². The first-order valence-corrected chi connectivity index (χ1v) is 12.3. The fourth-order valence-corrected chi connectivity index (χ4v) is 5.62. The smallest absolute Gasteiger partial charge is 0.251 e. The van der Waals surface area contributed by atoms with Gasteiger partial charge in [-0.2, -0.15) is 9.29 Å². The van der Waals surface area contributed by atoms with Crippen LogP contribution in [0.15, 0.2) is 41.6 Å². The van der Waals surface area contributed by atoms with E-state index in [4.69, 9.17) is 9.47 Å². The summed E-state index contributed by atoms with van der Waals surface area (Å²) >= 11 is 0. The Hall–Kier alpha value is -2.72. The maximum atomic E-state index is 12.6. The molecule has 10 heteroatoms. The van der Waals surface area contributed by atoms with Crippen molar-refractivity contribution in [2.24, 2.45) is 0 Å². The molecule has 0 radical (unpaired) electrons. The van der Waals surface area contributed by atoms with Gasteiger partial charge in [-0.3, -0.25) is 9.78 Å². The van der Waals surface area contributed by atoms with Crippen molar-refractivity contribution in [1.29, 1.82) is 0 Å². The van der Waals surface area contributed by atoms with Gasteiger partial charge in [0.05, 0.1) is 24.4 Å². The maximum Gasteiger partial charge on any atom is 0.251 e. The van der Waals surface area contributed by atoms with Crippen molar-refractivity contribution < 1.29 is 22.7 Å². The number of carbonyl (C=O) groups excluding carboxylic acids is 1. The predicted molar refractivity (Wildman–Crippen MR) is 117 cm³/mol. The first kappa shape index (κ1) is 22.5. The molecule has 9 nitrogen and oxygen atoms in total. The molecule has 1 aliphatic carbocycles. The molecule has 1 aromatic heterocycles. The van der Waals surface area contributed by atoms with Gasteiger partial charge in [0.15, 0.2) is 0 Å². The molecule has 0 spiro atoms. The maximum absolute atomic E-state index is 12.6. The van der Waals surface area contributed by atoms with Gasteiger partial charge in [0.2, 0.25) is 21.8 Å². The molecule has 1 aromatic carbocycles. The standard InChI is InChI=1S/C22H28N4O5S/c1-30-20-14-23-15-21(25-20)31-18-8-6-17(7-9-18)24-22(27)16-4-10-19(11-5-16)32(28,29)26-12-2-3-13-26/h4-5,10-11,14-15,17-18H,2-3,6-9,12-13H2,1H3,(H,24,27). The lowest BCUT2D eigenvalue weighted by atomic mass is 9.92. The number of sulfonamides is 1. The minimum atomic E-state index is -3.47. The zero-order valence-corrected chi connectivity index (χ0v) is 18.9. The SMILES string of the molecule is COc1cncc(OC2CCC(NC(=O)c3ccc(S(=O)(=O)N4CCCC4)cc3)CC2)n1. The summed E-state index contributed by atoms with van der Waals surface area (Å²) in [6.45, 7) is 1.11. The van der Waals surface area contributed by atoms with Crippen molar-refractivity contribution in [2.45, 2.75) is 55.6 Å². The number of ether oxygens (including phenoxy) is 2. The van der Waals surface area contributed by atoms with Crippen LogP contribution in [0.25, 0.3) is 0 Å². The number of rotatable bonds is 7. The van der Waals surface area contributed by atoms with E-state index in [1.165, 1.54) is 29.7 Å². The highest BCUT2D eigenvalue weighted by atomic mass is 32.2. The van der Waals surface area contributed by atoms with E-state index in [-0.39, 0.29) is 22.9 Å². The fraction of sp³-hybridized carbons (Fsp3) is 0.500. The van der Waals surface area contributed by atoms with E-state index in [1.807, 2.05) is 0 Å². The van der Waals surface area contributed by atoms with Gasteiger partial charge in [-0.15, -0.1) is 0 Å². The van der Waals surface area contributed by atoms with Crippen LogP contribution in [0, 0.1) is 0 Å². The molecule has 32 heavy (non-hydrogen) atoms. The van der Waals surface area contributed by atoms with E-state index in [0.717, 1.165) is 38.5 Å². The Kier molecular flexibility index (Phi) is 6.90. The molecule has 2 aromatic rings. The first-order valence-electron chi connectivity index (χ1n) is 10.9. The van der Waals surface area contributed by atoms with Crippen molar-refractivity contribution in [3.05, 3.63) is 42.2 Å². The van der Waals surface area contributed by atoms with Gasteiger partial charge in [0.25, 0.3) is 5.91 Å². The monoisotopic (exact) mass is 460 g/mol. The molecule has 4 rings (SSSR count). The Morgan fingerprint density at radius 2 is 1.69 bits per heavy atom. The number of methoxy groups -OCH3 is 1. The third-order valence-corrected chi connectivity index (χ3v) is 7.83.